The molecule has 0 bridgehead atoms. The van der Waals surface area contributed by atoms with Crippen LogP contribution in [-0.2, 0) is 4.79 Å². The van der Waals surface area contributed by atoms with E-state index in [1.165, 1.54) is 4.90 Å². The number of nitrogens with one attached hydrogen (secondary N) is 1. The average Bonchev–Trinajstić information content (AvgIpc) is 2.34. The lowest BCUT2D eigenvalue weighted by Crippen LogP contribution is -2.50. The minimum atomic E-state index is -0.817. The van der Waals surface area contributed by atoms with Crippen LogP contribution in [0.1, 0.15) is 30.4 Å². The topological polar surface area (TPSA) is 69.6 Å². The van der Waals surface area contributed by atoms with Gasteiger partial charge in [0.1, 0.15) is 0 Å². The average molecular weight is 290 g/mol. The molecule has 0 atom stereocenters. The Balaban J connectivity index is 2.01. The van der Waals surface area contributed by atoms with Crippen molar-refractivity contribution in [3.05, 3.63) is 29.3 Å². The van der Waals surface area contributed by atoms with E-state index >= 15 is 0 Å². The molecule has 0 aliphatic heterocycles. The summed E-state index contributed by atoms with van der Waals surface area (Å²) in [6.07, 6.45) is 2.18. The Labute approximate surface area is 125 Å². The van der Waals surface area contributed by atoms with Crippen molar-refractivity contribution < 1.29 is 14.7 Å². The van der Waals surface area contributed by atoms with E-state index in [9.17, 15) is 14.7 Å². The number of amides is 2. The van der Waals surface area contributed by atoms with Crippen molar-refractivity contribution in [1.29, 1.82) is 0 Å². The minimum absolute atomic E-state index is 0.191. The van der Waals surface area contributed by atoms with E-state index in [2.05, 4.69) is 5.32 Å². The van der Waals surface area contributed by atoms with Gasteiger partial charge in [0.05, 0.1) is 5.41 Å². The van der Waals surface area contributed by atoms with Crippen molar-refractivity contribution in [2.24, 2.45) is 5.41 Å². The summed E-state index contributed by atoms with van der Waals surface area (Å²) in [6, 6.07) is 5.64. The van der Waals surface area contributed by atoms with Gasteiger partial charge in [-0.15, -0.1) is 0 Å². The summed E-state index contributed by atoms with van der Waals surface area (Å²) in [5, 5.41) is 12.0. The molecule has 2 N–H and O–H groups in total. The maximum atomic E-state index is 12.2. The molecule has 0 aromatic heterocycles. The van der Waals surface area contributed by atoms with E-state index < -0.39 is 11.4 Å². The summed E-state index contributed by atoms with van der Waals surface area (Å²) in [4.78, 5) is 25.0. The van der Waals surface area contributed by atoms with Gasteiger partial charge in [-0.05, 0) is 49.9 Å². The van der Waals surface area contributed by atoms with Crippen molar-refractivity contribution in [2.75, 3.05) is 18.5 Å². The molecule has 5 heteroatoms. The lowest BCUT2D eigenvalue weighted by Gasteiger charge is -2.38. The normalized spacial score (nSPS) is 16.0. The van der Waals surface area contributed by atoms with Crippen molar-refractivity contribution in [3.63, 3.8) is 0 Å². The van der Waals surface area contributed by atoms with Gasteiger partial charge in [0.15, 0.2) is 0 Å². The van der Waals surface area contributed by atoms with E-state index in [0.29, 0.717) is 12.8 Å². The molecule has 1 aromatic rings. The fourth-order valence-electron chi connectivity index (χ4n) is 2.69. The lowest BCUT2D eigenvalue weighted by molar-refractivity contribution is -0.153. The summed E-state index contributed by atoms with van der Waals surface area (Å²) in [7, 11) is 1.69. The summed E-state index contributed by atoms with van der Waals surface area (Å²) >= 11 is 0. The Kier molecular flexibility index (Phi) is 4.21. The fraction of sp³-hybridized carbons (Fsp3) is 0.500. The Morgan fingerprint density at radius 1 is 1.24 bits per heavy atom. The first kappa shape index (κ1) is 15.4. The second-order valence-corrected chi connectivity index (χ2v) is 6.00. The second-order valence-electron chi connectivity index (χ2n) is 6.00. The first-order valence-corrected chi connectivity index (χ1v) is 7.17. The van der Waals surface area contributed by atoms with Crippen LogP contribution in [0, 0.1) is 19.3 Å². The van der Waals surface area contributed by atoms with Crippen LogP contribution in [-0.4, -0.2) is 30.7 Å². The molecule has 5 nitrogen and oxygen atoms in total. The number of carboxylic acid groups (broad SMARTS) is 1. The van der Waals surface area contributed by atoms with Crippen LogP contribution in [0.25, 0.3) is 0 Å². The van der Waals surface area contributed by atoms with Crippen LogP contribution in [0.15, 0.2) is 18.2 Å². The highest BCUT2D eigenvalue weighted by molar-refractivity contribution is 5.92. The molecule has 0 spiro atoms. The highest BCUT2D eigenvalue weighted by atomic mass is 16.4. The molecule has 0 unspecified atom stereocenters. The smallest absolute Gasteiger partial charge is 0.321 e. The molecule has 0 heterocycles. The molecule has 21 heavy (non-hydrogen) atoms. The molecule has 0 radical (unpaired) electrons. The number of hydrogen-bond donors (Lipinski definition) is 2. The molecule has 1 aliphatic carbocycles. The van der Waals surface area contributed by atoms with Crippen molar-refractivity contribution in [2.45, 2.75) is 33.1 Å². The number of hydrogen-bond acceptors (Lipinski definition) is 2. The number of nitrogens with zero attached hydrogens (tertiary/aromatic N) is 1. The van der Waals surface area contributed by atoms with E-state index in [-0.39, 0.29) is 12.6 Å². The predicted molar refractivity (Wildman–Crippen MR) is 81.6 cm³/mol. The third-order valence-electron chi connectivity index (χ3n) is 4.24. The van der Waals surface area contributed by atoms with Gasteiger partial charge in [-0.1, -0.05) is 12.5 Å². The number of urea groups is 1. The van der Waals surface area contributed by atoms with Crippen LogP contribution in [0.4, 0.5) is 10.5 Å². The summed E-state index contributed by atoms with van der Waals surface area (Å²) in [6.45, 7) is 4.16. The molecule has 1 aromatic carbocycles. The maximum absolute atomic E-state index is 12.2. The van der Waals surface area contributed by atoms with Crippen LogP contribution in [0.2, 0.25) is 0 Å². The number of anilines is 1. The summed E-state index contributed by atoms with van der Waals surface area (Å²) < 4.78 is 0. The predicted octanol–water partition coefficient (Wildman–Crippen LogP) is 2.70. The Morgan fingerprint density at radius 3 is 2.24 bits per heavy atom. The maximum Gasteiger partial charge on any atom is 0.321 e. The molecule has 0 saturated heterocycles. The zero-order valence-electron chi connectivity index (χ0n) is 12.8. The molecular weight excluding hydrogens is 268 g/mol. The molecule has 1 saturated carbocycles. The highest BCUT2D eigenvalue weighted by Crippen LogP contribution is 2.40. The lowest BCUT2D eigenvalue weighted by atomic mass is 9.69. The van der Waals surface area contributed by atoms with E-state index in [0.717, 1.165) is 23.2 Å². The number of aryl methyl sites for hydroxylation is 2. The number of carbonyl (C=O) groups is 2. The second kappa shape index (κ2) is 5.76. The number of carboxylic acids is 1. The molecule has 1 aliphatic rings. The number of benzene rings is 1. The largest absolute Gasteiger partial charge is 0.481 e. The highest BCUT2D eigenvalue weighted by Gasteiger charge is 2.44. The van der Waals surface area contributed by atoms with Gasteiger partial charge < -0.3 is 10.4 Å². The first-order chi connectivity index (χ1) is 9.84. The Hall–Kier alpha value is -2.04. The van der Waals surface area contributed by atoms with Gasteiger partial charge in [0.2, 0.25) is 0 Å². The van der Waals surface area contributed by atoms with Crippen molar-refractivity contribution in [3.8, 4) is 0 Å². The quantitative estimate of drug-likeness (QED) is 0.895. The van der Waals surface area contributed by atoms with Gasteiger partial charge in [0, 0.05) is 19.3 Å². The van der Waals surface area contributed by atoms with E-state index in [1.807, 2.05) is 32.0 Å². The van der Waals surface area contributed by atoms with Crippen molar-refractivity contribution >= 4 is 17.7 Å². The molecular formula is C16H22N2O3. The van der Waals surface area contributed by atoms with Crippen LogP contribution in [0.5, 0.6) is 0 Å². The minimum Gasteiger partial charge on any atom is -0.481 e. The standard InChI is InChI=1S/C16H22N2O3/c1-11-7-12(2)9-13(8-11)18(3)15(21)17-10-16(14(19)20)5-4-6-16/h7-9H,4-6,10H2,1-3H3,(H,17,21)(H,19,20). The zero-order valence-corrected chi connectivity index (χ0v) is 12.8. The van der Waals surface area contributed by atoms with Crippen molar-refractivity contribution in [1.82, 2.24) is 5.32 Å². The first-order valence-electron chi connectivity index (χ1n) is 7.17. The number of carbonyl (C=O) groups excluding carboxylic acids is 1. The van der Waals surface area contributed by atoms with Gasteiger partial charge in [0.25, 0.3) is 0 Å². The molecule has 2 rings (SSSR count). The van der Waals surface area contributed by atoms with Gasteiger partial charge in [-0.3, -0.25) is 9.69 Å². The van der Waals surface area contributed by atoms with E-state index in [4.69, 9.17) is 0 Å². The van der Waals surface area contributed by atoms with Gasteiger partial charge in [-0.25, -0.2) is 4.79 Å². The van der Waals surface area contributed by atoms with Gasteiger partial charge in [-0.2, -0.15) is 0 Å². The van der Waals surface area contributed by atoms with Gasteiger partial charge >= 0.3 is 12.0 Å². The SMILES string of the molecule is Cc1cc(C)cc(N(C)C(=O)NCC2(C(=O)O)CCC2)c1. The van der Waals surface area contributed by atoms with Crippen LogP contribution >= 0.6 is 0 Å². The molecule has 2 amide bonds. The third kappa shape index (κ3) is 3.17. The fourth-order valence-corrected chi connectivity index (χ4v) is 2.69. The Morgan fingerprint density at radius 2 is 1.81 bits per heavy atom. The van der Waals surface area contributed by atoms with Crippen LogP contribution < -0.4 is 10.2 Å². The summed E-state index contributed by atoms with van der Waals surface area (Å²) in [5.41, 5.74) is 2.22. The number of rotatable bonds is 4. The van der Waals surface area contributed by atoms with Crippen LogP contribution in [0.3, 0.4) is 0 Å². The Bertz CT molecular complexity index is 544. The summed E-state index contributed by atoms with van der Waals surface area (Å²) in [5.74, 6) is -0.817. The van der Waals surface area contributed by atoms with E-state index in [1.54, 1.807) is 7.05 Å². The molecule has 114 valence electrons. The zero-order chi connectivity index (χ0) is 15.6. The monoisotopic (exact) mass is 290 g/mol. The molecule has 1 fully saturated rings. The number of aliphatic carboxylic acids is 1. The third-order valence-corrected chi connectivity index (χ3v) is 4.24.